The first-order valence-electron chi connectivity index (χ1n) is 16.6. The van der Waals surface area contributed by atoms with E-state index < -0.39 is 0 Å². The first-order chi connectivity index (χ1) is 24.3. The molecule has 3 nitrogen and oxygen atoms in total. The Morgan fingerprint density at radius 2 is 0.612 bits per heavy atom. The molecule has 0 aliphatic rings. The quantitative estimate of drug-likeness (QED) is 0.168. The maximum atomic E-state index is 5.04. The predicted molar refractivity (Wildman–Crippen MR) is 202 cm³/mol. The third-order valence-electron chi connectivity index (χ3n) is 8.75. The number of hydrogen-bond acceptors (Lipinski definition) is 3. The molecular formula is C46H33N3. The average Bonchev–Trinajstić information content (AvgIpc) is 3.19. The van der Waals surface area contributed by atoms with Gasteiger partial charge in [-0.1, -0.05) is 182 Å². The Labute approximate surface area is 287 Å². The molecule has 0 saturated heterocycles. The van der Waals surface area contributed by atoms with Crippen molar-refractivity contribution in [3.8, 4) is 67.3 Å². The van der Waals surface area contributed by atoms with Gasteiger partial charge in [-0.3, -0.25) is 0 Å². The summed E-state index contributed by atoms with van der Waals surface area (Å²) in [6.45, 7) is 0. The maximum absolute atomic E-state index is 5.04. The summed E-state index contributed by atoms with van der Waals surface area (Å²) in [5.74, 6) is 2.07. The molecule has 0 amide bonds. The average molecular weight is 628 g/mol. The molecule has 0 saturated carbocycles. The zero-order valence-corrected chi connectivity index (χ0v) is 26.9. The van der Waals surface area contributed by atoms with E-state index in [-0.39, 0.29) is 0 Å². The van der Waals surface area contributed by atoms with Crippen molar-refractivity contribution in [1.29, 1.82) is 0 Å². The molecule has 0 spiro atoms. The van der Waals surface area contributed by atoms with Gasteiger partial charge in [0.15, 0.2) is 11.6 Å². The molecule has 8 aromatic rings. The van der Waals surface area contributed by atoms with E-state index in [0.717, 1.165) is 33.6 Å². The lowest BCUT2D eigenvalue weighted by Gasteiger charge is -2.16. The van der Waals surface area contributed by atoms with Crippen molar-refractivity contribution in [2.24, 2.45) is 0 Å². The SMILES string of the molecule is c1ccc(-c2nc(Cc3cc(-c4ccccc4-c4ccccc4)cc(-c4ccccc4-c4ccccc4)c3)nc(-c3ccccc3)n2)cc1. The van der Waals surface area contributed by atoms with Crippen molar-refractivity contribution in [3.63, 3.8) is 0 Å². The topological polar surface area (TPSA) is 38.7 Å². The first-order valence-corrected chi connectivity index (χ1v) is 16.6. The molecule has 0 N–H and O–H groups in total. The molecule has 0 fully saturated rings. The molecule has 0 radical (unpaired) electrons. The number of hydrogen-bond donors (Lipinski definition) is 0. The maximum Gasteiger partial charge on any atom is 0.163 e. The molecule has 232 valence electrons. The summed E-state index contributed by atoms with van der Waals surface area (Å²) >= 11 is 0. The minimum atomic E-state index is 0.546. The molecule has 1 heterocycles. The molecule has 3 heteroatoms. The van der Waals surface area contributed by atoms with Crippen LogP contribution in [-0.2, 0) is 6.42 Å². The standard InChI is InChI=1S/C46H33N3/c1-5-17-34(18-6-1)40-25-13-15-27-42(40)38-29-33(30-39(32-38)43-28-16-14-26-41(43)35-19-7-2-8-20-35)31-44-47-45(36-21-9-3-10-22-36)49-46(48-44)37-23-11-4-12-24-37/h1-30,32H,31H2. The van der Waals surface area contributed by atoms with Crippen LogP contribution in [0.15, 0.2) is 188 Å². The van der Waals surface area contributed by atoms with Gasteiger partial charge in [-0.05, 0) is 56.1 Å². The molecule has 0 unspecified atom stereocenters. The second-order valence-corrected chi connectivity index (χ2v) is 12.0. The summed E-state index contributed by atoms with van der Waals surface area (Å²) in [5.41, 5.74) is 12.5. The van der Waals surface area contributed by atoms with Gasteiger partial charge in [0.25, 0.3) is 0 Å². The van der Waals surface area contributed by atoms with Gasteiger partial charge in [0.05, 0.1) is 0 Å². The summed E-state index contributed by atoms with van der Waals surface area (Å²) < 4.78 is 0. The lowest BCUT2D eigenvalue weighted by Crippen LogP contribution is -2.04. The fraction of sp³-hybridized carbons (Fsp3) is 0.0217. The Hall–Kier alpha value is -6.45. The van der Waals surface area contributed by atoms with Crippen LogP contribution >= 0.6 is 0 Å². The molecule has 49 heavy (non-hydrogen) atoms. The third-order valence-corrected chi connectivity index (χ3v) is 8.75. The third kappa shape index (κ3) is 6.56. The second kappa shape index (κ2) is 13.7. The van der Waals surface area contributed by atoms with Gasteiger partial charge in [-0.15, -0.1) is 0 Å². The van der Waals surface area contributed by atoms with Crippen molar-refractivity contribution < 1.29 is 0 Å². The molecule has 8 rings (SSSR count). The van der Waals surface area contributed by atoms with E-state index in [2.05, 4.69) is 127 Å². The van der Waals surface area contributed by atoms with Gasteiger partial charge in [0.1, 0.15) is 5.82 Å². The Morgan fingerprint density at radius 3 is 1.00 bits per heavy atom. The van der Waals surface area contributed by atoms with Gasteiger partial charge in [-0.25, -0.2) is 15.0 Å². The van der Waals surface area contributed by atoms with Crippen LogP contribution in [0.4, 0.5) is 0 Å². The lowest BCUT2D eigenvalue weighted by molar-refractivity contribution is 0.933. The van der Waals surface area contributed by atoms with Crippen molar-refractivity contribution in [1.82, 2.24) is 15.0 Å². The van der Waals surface area contributed by atoms with E-state index in [1.54, 1.807) is 0 Å². The molecule has 0 bridgehead atoms. The van der Waals surface area contributed by atoms with Gasteiger partial charge >= 0.3 is 0 Å². The zero-order chi connectivity index (χ0) is 32.8. The van der Waals surface area contributed by atoms with Crippen LogP contribution in [0.2, 0.25) is 0 Å². The summed E-state index contributed by atoms with van der Waals surface area (Å²) in [7, 11) is 0. The normalized spacial score (nSPS) is 10.9. The summed E-state index contributed by atoms with van der Waals surface area (Å²) in [5, 5.41) is 0. The highest BCUT2D eigenvalue weighted by Gasteiger charge is 2.16. The molecule has 1 aromatic heterocycles. The zero-order valence-electron chi connectivity index (χ0n) is 26.9. The van der Waals surface area contributed by atoms with E-state index >= 15 is 0 Å². The molecule has 0 atom stereocenters. The van der Waals surface area contributed by atoms with Gasteiger partial charge in [0, 0.05) is 17.5 Å². The van der Waals surface area contributed by atoms with Gasteiger partial charge < -0.3 is 0 Å². The number of benzene rings is 7. The van der Waals surface area contributed by atoms with E-state index in [4.69, 9.17) is 15.0 Å². The Balaban J connectivity index is 1.31. The second-order valence-electron chi connectivity index (χ2n) is 12.0. The highest BCUT2D eigenvalue weighted by atomic mass is 15.0. The van der Waals surface area contributed by atoms with E-state index in [1.165, 1.54) is 33.4 Å². The number of nitrogens with zero attached hydrogens (tertiary/aromatic N) is 3. The molecule has 0 aliphatic carbocycles. The fourth-order valence-corrected chi connectivity index (χ4v) is 6.43. The summed E-state index contributed by atoms with van der Waals surface area (Å²) in [6, 6.07) is 65.8. The largest absolute Gasteiger partial charge is 0.213 e. The van der Waals surface area contributed by atoms with Crippen LogP contribution in [0.3, 0.4) is 0 Å². The molecule has 7 aromatic carbocycles. The summed E-state index contributed by atoms with van der Waals surface area (Å²) in [6.07, 6.45) is 0.546. The van der Waals surface area contributed by atoms with Gasteiger partial charge in [0.2, 0.25) is 0 Å². The first kappa shape index (κ1) is 29.9. The highest BCUT2D eigenvalue weighted by Crippen LogP contribution is 2.38. The monoisotopic (exact) mass is 627 g/mol. The van der Waals surface area contributed by atoms with Crippen molar-refractivity contribution in [2.45, 2.75) is 6.42 Å². The predicted octanol–water partition coefficient (Wildman–Crippen LogP) is 11.5. The van der Waals surface area contributed by atoms with E-state index in [1.807, 2.05) is 60.7 Å². The molecule has 0 aliphatic heterocycles. The van der Waals surface area contributed by atoms with E-state index in [9.17, 15) is 0 Å². The summed E-state index contributed by atoms with van der Waals surface area (Å²) in [4.78, 5) is 15.0. The van der Waals surface area contributed by atoms with Crippen molar-refractivity contribution >= 4 is 0 Å². The minimum Gasteiger partial charge on any atom is -0.213 e. The minimum absolute atomic E-state index is 0.546. The Kier molecular flexibility index (Phi) is 8.38. The Bertz CT molecular complexity index is 2180. The van der Waals surface area contributed by atoms with E-state index in [0.29, 0.717) is 18.1 Å². The smallest absolute Gasteiger partial charge is 0.163 e. The van der Waals surface area contributed by atoms with Crippen molar-refractivity contribution in [2.75, 3.05) is 0 Å². The van der Waals surface area contributed by atoms with Crippen LogP contribution < -0.4 is 0 Å². The Morgan fingerprint density at radius 1 is 0.286 bits per heavy atom. The highest BCUT2D eigenvalue weighted by molar-refractivity contribution is 5.89. The van der Waals surface area contributed by atoms with Crippen LogP contribution in [0.25, 0.3) is 67.3 Å². The number of aromatic nitrogens is 3. The van der Waals surface area contributed by atoms with Crippen LogP contribution in [-0.4, -0.2) is 15.0 Å². The van der Waals surface area contributed by atoms with Crippen LogP contribution in [0.5, 0.6) is 0 Å². The van der Waals surface area contributed by atoms with Crippen molar-refractivity contribution in [3.05, 3.63) is 199 Å². The van der Waals surface area contributed by atoms with Gasteiger partial charge in [-0.2, -0.15) is 0 Å². The lowest BCUT2D eigenvalue weighted by atomic mass is 9.88. The van der Waals surface area contributed by atoms with Crippen LogP contribution in [0.1, 0.15) is 11.4 Å². The number of rotatable bonds is 8. The molecular weight excluding hydrogens is 595 g/mol. The fourth-order valence-electron chi connectivity index (χ4n) is 6.43. The van der Waals surface area contributed by atoms with Crippen LogP contribution in [0, 0.1) is 0 Å².